The van der Waals surface area contributed by atoms with Crippen LogP contribution in [0.1, 0.15) is 34.6 Å². The standard InChI is InChI=1S/C11H18/c1-6-8-10(4)11(5)9(3)7-2/h6-8H,1-5H3/b8-6-,9-7-,11-10+. The van der Waals surface area contributed by atoms with Gasteiger partial charge in [0.25, 0.3) is 0 Å². The van der Waals surface area contributed by atoms with Gasteiger partial charge in [0.1, 0.15) is 0 Å². The molecular formula is C11H18. The largest absolute Gasteiger partial charge is 0.0874 e. The maximum atomic E-state index is 2.16. The zero-order valence-electron chi connectivity index (χ0n) is 8.23. The first-order valence-corrected chi connectivity index (χ1v) is 4.07. The van der Waals surface area contributed by atoms with E-state index in [0.717, 1.165) is 0 Å². The molecule has 0 nitrogen and oxygen atoms in total. The molecule has 11 heavy (non-hydrogen) atoms. The van der Waals surface area contributed by atoms with Crippen molar-refractivity contribution in [2.45, 2.75) is 34.6 Å². The normalized spacial score (nSPS) is 15.5. The Morgan fingerprint density at radius 2 is 1.55 bits per heavy atom. The Morgan fingerprint density at radius 3 is 1.91 bits per heavy atom. The van der Waals surface area contributed by atoms with E-state index < -0.39 is 0 Å². The van der Waals surface area contributed by atoms with E-state index in [0.29, 0.717) is 0 Å². The van der Waals surface area contributed by atoms with Crippen molar-refractivity contribution < 1.29 is 0 Å². The molecule has 0 bridgehead atoms. The van der Waals surface area contributed by atoms with E-state index in [1.54, 1.807) is 0 Å². The fourth-order valence-corrected chi connectivity index (χ4v) is 0.903. The van der Waals surface area contributed by atoms with Crippen LogP contribution in [0, 0.1) is 0 Å². The average molecular weight is 150 g/mol. The van der Waals surface area contributed by atoms with Crippen molar-refractivity contribution in [3.05, 3.63) is 34.9 Å². The zero-order valence-corrected chi connectivity index (χ0v) is 8.23. The maximum Gasteiger partial charge on any atom is -0.0393 e. The van der Waals surface area contributed by atoms with Crippen LogP contribution in [0.25, 0.3) is 0 Å². The predicted octanol–water partition coefficient (Wildman–Crippen LogP) is 3.87. The zero-order chi connectivity index (χ0) is 8.85. The molecule has 0 N–H and O–H groups in total. The van der Waals surface area contributed by atoms with E-state index >= 15 is 0 Å². The van der Waals surface area contributed by atoms with E-state index in [-0.39, 0.29) is 0 Å². The molecule has 0 heterocycles. The van der Waals surface area contributed by atoms with Crippen LogP contribution in [0.3, 0.4) is 0 Å². The summed E-state index contributed by atoms with van der Waals surface area (Å²) in [4.78, 5) is 0. The second-order valence-corrected chi connectivity index (χ2v) is 2.78. The van der Waals surface area contributed by atoms with Crippen LogP contribution in [0.15, 0.2) is 34.9 Å². The Hall–Kier alpha value is -0.780. The third-order valence-electron chi connectivity index (χ3n) is 2.03. The third-order valence-corrected chi connectivity index (χ3v) is 2.03. The summed E-state index contributed by atoms with van der Waals surface area (Å²) in [5, 5.41) is 0. The van der Waals surface area contributed by atoms with E-state index in [1.165, 1.54) is 16.7 Å². The van der Waals surface area contributed by atoms with Gasteiger partial charge in [-0.25, -0.2) is 0 Å². The molecule has 0 unspecified atom stereocenters. The van der Waals surface area contributed by atoms with Crippen molar-refractivity contribution in [1.29, 1.82) is 0 Å². The number of hydrogen-bond donors (Lipinski definition) is 0. The van der Waals surface area contributed by atoms with Gasteiger partial charge in [-0.05, 0) is 45.8 Å². The van der Waals surface area contributed by atoms with Gasteiger partial charge < -0.3 is 0 Å². The second-order valence-electron chi connectivity index (χ2n) is 2.78. The molecule has 62 valence electrons. The summed E-state index contributed by atoms with van der Waals surface area (Å²) >= 11 is 0. The lowest BCUT2D eigenvalue weighted by Gasteiger charge is -2.02. The van der Waals surface area contributed by atoms with Crippen LogP contribution in [0.5, 0.6) is 0 Å². The summed E-state index contributed by atoms with van der Waals surface area (Å²) in [6.07, 6.45) is 6.35. The summed E-state index contributed by atoms with van der Waals surface area (Å²) in [5.74, 6) is 0. The topological polar surface area (TPSA) is 0 Å². The summed E-state index contributed by atoms with van der Waals surface area (Å²) in [6, 6.07) is 0. The first-order chi connectivity index (χ1) is 5.13. The van der Waals surface area contributed by atoms with Gasteiger partial charge in [-0.15, -0.1) is 0 Å². The van der Waals surface area contributed by atoms with E-state index in [1.807, 2.05) is 6.92 Å². The molecular weight excluding hydrogens is 132 g/mol. The minimum Gasteiger partial charge on any atom is -0.0874 e. The highest BCUT2D eigenvalue weighted by Gasteiger charge is 1.93. The molecule has 0 aromatic heterocycles. The van der Waals surface area contributed by atoms with E-state index in [9.17, 15) is 0 Å². The Balaban J connectivity index is 4.66. The van der Waals surface area contributed by atoms with Gasteiger partial charge in [-0.2, -0.15) is 0 Å². The number of rotatable bonds is 2. The average Bonchev–Trinajstić information content (AvgIpc) is 2.02. The quantitative estimate of drug-likeness (QED) is 0.524. The highest BCUT2D eigenvalue weighted by atomic mass is 14.0. The summed E-state index contributed by atoms with van der Waals surface area (Å²) in [6.45, 7) is 10.6. The molecule has 0 heteroatoms. The Bertz CT molecular complexity index is 202. The van der Waals surface area contributed by atoms with Crippen LogP contribution in [0.2, 0.25) is 0 Å². The van der Waals surface area contributed by atoms with Crippen LogP contribution >= 0.6 is 0 Å². The van der Waals surface area contributed by atoms with Gasteiger partial charge in [0.05, 0.1) is 0 Å². The molecule has 0 aromatic rings. The number of allylic oxidation sites excluding steroid dienone is 6. The van der Waals surface area contributed by atoms with Crippen molar-refractivity contribution in [3.63, 3.8) is 0 Å². The van der Waals surface area contributed by atoms with Crippen LogP contribution in [0.4, 0.5) is 0 Å². The first kappa shape index (κ1) is 10.2. The minimum absolute atomic E-state index is 1.35. The first-order valence-electron chi connectivity index (χ1n) is 4.07. The Morgan fingerprint density at radius 1 is 1.00 bits per heavy atom. The summed E-state index contributed by atoms with van der Waals surface area (Å²) in [7, 11) is 0. The molecule has 0 fully saturated rings. The molecule has 0 saturated heterocycles. The van der Waals surface area contributed by atoms with E-state index in [4.69, 9.17) is 0 Å². The molecule has 0 saturated carbocycles. The van der Waals surface area contributed by atoms with Gasteiger partial charge in [0, 0.05) is 0 Å². The monoisotopic (exact) mass is 150 g/mol. The molecule has 0 amide bonds. The van der Waals surface area contributed by atoms with E-state index in [2.05, 4.69) is 45.9 Å². The minimum atomic E-state index is 1.35. The molecule has 0 radical (unpaired) electrons. The van der Waals surface area contributed by atoms with Crippen molar-refractivity contribution >= 4 is 0 Å². The third kappa shape index (κ3) is 3.22. The van der Waals surface area contributed by atoms with Crippen molar-refractivity contribution in [2.75, 3.05) is 0 Å². The summed E-state index contributed by atoms with van der Waals surface area (Å²) < 4.78 is 0. The fraction of sp³-hybridized carbons (Fsp3) is 0.455. The van der Waals surface area contributed by atoms with Crippen LogP contribution < -0.4 is 0 Å². The lowest BCUT2D eigenvalue weighted by Crippen LogP contribution is -1.82. The Kier molecular flexibility index (Phi) is 4.60. The number of hydrogen-bond acceptors (Lipinski definition) is 0. The summed E-state index contributed by atoms with van der Waals surface area (Å²) in [5.41, 5.74) is 4.09. The van der Waals surface area contributed by atoms with Gasteiger partial charge in [-0.3, -0.25) is 0 Å². The highest BCUT2D eigenvalue weighted by Crippen LogP contribution is 2.13. The van der Waals surface area contributed by atoms with Crippen LogP contribution in [-0.2, 0) is 0 Å². The molecule has 0 aliphatic heterocycles. The van der Waals surface area contributed by atoms with Crippen LogP contribution in [-0.4, -0.2) is 0 Å². The SMILES string of the molecule is C\C=C/C(C)=C(C)/C(C)=C\C. The van der Waals surface area contributed by atoms with Gasteiger partial charge in [0.15, 0.2) is 0 Å². The molecule has 0 rings (SSSR count). The maximum absolute atomic E-state index is 2.16. The molecule has 0 aliphatic carbocycles. The predicted molar refractivity (Wildman–Crippen MR) is 52.6 cm³/mol. The fourth-order valence-electron chi connectivity index (χ4n) is 0.903. The second kappa shape index (κ2) is 4.95. The molecule has 0 aromatic carbocycles. The lowest BCUT2D eigenvalue weighted by molar-refractivity contribution is 1.26. The molecule has 0 spiro atoms. The van der Waals surface area contributed by atoms with Gasteiger partial charge in [0.2, 0.25) is 0 Å². The highest BCUT2D eigenvalue weighted by molar-refractivity contribution is 5.35. The molecule has 0 atom stereocenters. The van der Waals surface area contributed by atoms with Crippen molar-refractivity contribution in [1.82, 2.24) is 0 Å². The Labute approximate surface area is 70.3 Å². The van der Waals surface area contributed by atoms with Crippen molar-refractivity contribution in [3.8, 4) is 0 Å². The smallest absolute Gasteiger partial charge is 0.0393 e. The van der Waals surface area contributed by atoms with Crippen molar-refractivity contribution in [2.24, 2.45) is 0 Å². The molecule has 0 aliphatic rings. The lowest BCUT2D eigenvalue weighted by atomic mass is 10.0. The van der Waals surface area contributed by atoms with Gasteiger partial charge in [-0.1, -0.05) is 23.8 Å². The van der Waals surface area contributed by atoms with Gasteiger partial charge >= 0.3 is 0 Å².